The molecule has 0 heterocycles. The predicted molar refractivity (Wildman–Crippen MR) is 75.0 cm³/mol. The van der Waals surface area contributed by atoms with Gasteiger partial charge in [-0.15, -0.1) is 0 Å². The van der Waals surface area contributed by atoms with Crippen LogP contribution >= 0.6 is 0 Å². The van der Waals surface area contributed by atoms with E-state index in [1.54, 1.807) is 25.2 Å². The van der Waals surface area contributed by atoms with E-state index in [1.165, 1.54) is 11.0 Å². The second-order valence-corrected chi connectivity index (χ2v) is 5.38. The number of rotatable bonds is 7. The molecule has 0 bridgehead atoms. The molecule has 0 radical (unpaired) electrons. The third-order valence-electron chi connectivity index (χ3n) is 3.62. The van der Waals surface area contributed by atoms with Crippen LogP contribution in [0, 0.1) is 11.7 Å². The molecule has 1 saturated carbocycles. The molecular weight excluding hydrogens is 275 g/mol. The molecular formula is C15H19FN2O3. The van der Waals surface area contributed by atoms with Gasteiger partial charge in [-0.25, -0.2) is 4.39 Å². The zero-order valence-corrected chi connectivity index (χ0v) is 11.9. The van der Waals surface area contributed by atoms with E-state index < -0.39 is 12.0 Å². The van der Waals surface area contributed by atoms with E-state index >= 15 is 0 Å². The molecule has 1 aliphatic carbocycles. The van der Waals surface area contributed by atoms with Gasteiger partial charge in [0.15, 0.2) is 0 Å². The molecule has 1 fully saturated rings. The largest absolute Gasteiger partial charge is 0.480 e. The van der Waals surface area contributed by atoms with E-state index in [1.807, 2.05) is 0 Å². The number of likely N-dealkylation sites (N-methyl/N-ethyl adjacent to an activating group) is 1. The molecule has 0 spiro atoms. The summed E-state index contributed by atoms with van der Waals surface area (Å²) in [7, 11) is 1.57. The van der Waals surface area contributed by atoms with Crippen LogP contribution in [-0.2, 0) is 16.1 Å². The molecule has 5 nitrogen and oxygen atoms in total. The van der Waals surface area contributed by atoms with E-state index in [0.717, 1.165) is 12.8 Å². The second kappa shape index (κ2) is 6.67. The molecule has 1 aliphatic rings. The van der Waals surface area contributed by atoms with E-state index in [0.29, 0.717) is 5.56 Å². The average molecular weight is 294 g/mol. The third kappa shape index (κ3) is 4.26. The summed E-state index contributed by atoms with van der Waals surface area (Å²) in [5.74, 6) is -1.43. The lowest BCUT2D eigenvalue weighted by atomic mass is 10.2. The maximum atomic E-state index is 13.5. The number of carbonyl (C=O) groups is 2. The molecule has 6 heteroatoms. The Morgan fingerprint density at radius 3 is 2.67 bits per heavy atom. The Morgan fingerprint density at radius 1 is 1.43 bits per heavy atom. The molecule has 2 N–H and O–H groups in total. The van der Waals surface area contributed by atoms with Crippen molar-refractivity contribution in [2.24, 2.45) is 5.92 Å². The first-order chi connectivity index (χ1) is 9.99. The number of aliphatic carboxylic acids is 1. The van der Waals surface area contributed by atoms with Crippen LogP contribution < -0.4 is 5.32 Å². The number of hydrogen-bond donors (Lipinski definition) is 2. The lowest BCUT2D eigenvalue weighted by Crippen LogP contribution is -2.44. The summed E-state index contributed by atoms with van der Waals surface area (Å²) in [5, 5.41) is 11.8. The van der Waals surface area contributed by atoms with Crippen molar-refractivity contribution in [2.75, 3.05) is 13.6 Å². The topological polar surface area (TPSA) is 69.6 Å². The van der Waals surface area contributed by atoms with Gasteiger partial charge in [-0.1, -0.05) is 18.2 Å². The molecule has 0 saturated heterocycles. The Labute approximate surface area is 122 Å². The fourth-order valence-electron chi connectivity index (χ4n) is 2.19. The summed E-state index contributed by atoms with van der Waals surface area (Å²) in [6, 6.07) is 5.60. The standard InChI is InChI=1S/C15H19FN2O3/c1-18(9-11-4-2-3-5-12(11)16)13(19)8-17-14(15(20)21)10-6-7-10/h2-5,10,14,17H,6-9H2,1H3,(H,20,21). The summed E-state index contributed by atoms with van der Waals surface area (Å²) in [5.41, 5.74) is 0.435. The van der Waals surface area contributed by atoms with Crippen LogP contribution in [0.15, 0.2) is 24.3 Å². The molecule has 2 rings (SSSR count). The normalized spacial score (nSPS) is 15.5. The number of carbonyl (C=O) groups excluding carboxylic acids is 1. The Morgan fingerprint density at radius 2 is 2.10 bits per heavy atom. The molecule has 0 aromatic heterocycles. The zero-order chi connectivity index (χ0) is 15.4. The summed E-state index contributed by atoms with van der Waals surface area (Å²) in [6.07, 6.45) is 1.76. The van der Waals surface area contributed by atoms with Gasteiger partial charge < -0.3 is 10.0 Å². The summed E-state index contributed by atoms with van der Waals surface area (Å²) in [4.78, 5) is 24.4. The molecule has 1 amide bonds. The maximum absolute atomic E-state index is 13.5. The van der Waals surface area contributed by atoms with E-state index in [2.05, 4.69) is 5.32 Å². The fraction of sp³-hybridized carbons (Fsp3) is 0.467. The van der Waals surface area contributed by atoms with Crippen LogP contribution in [-0.4, -0.2) is 41.5 Å². The number of nitrogens with one attached hydrogen (secondary N) is 1. The number of hydrogen-bond acceptors (Lipinski definition) is 3. The molecule has 1 aromatic rings. The highest BCUT2D eigenvalue weighted by atomic mass is 19.1. The highest BCUT2D eigenvalue weighted by Crippen LogP contribution is 2.32. The smallest absolute Gasteiger partial charge is 0.320 e. The SMILES string of the molecule is CN(Cc1ccccc1F)C(=O)CNC(C(=O)O)C1CC1. The van der Waals surface area contributed by atoms with Crippen molar-refractivity contribution in [3.8, 4) is 0 Å². The number of benzene rings is 1. The summed E-state index contributed by atoms with van der Waals surface area (Å²) >= 11 is 0. The molecule has 1 aromatic carbocycles. The van der Waals surface area contributed by atoms with Gasteiger partial charge in [0.25, 0.3) is 0 Å². The number of halogens is 1. The number of carboxylic acids is 1. The van der Waals surface area contributed by atoms with Gasteiger partial charge in [0.05, 0.1) is 6.54 Å². The van der Waals surface area contributed by atoms with E-state index in [9.17, 15) is 14.0 Å². The number of amides is 1. The predicted octanol–water partition coefficient (Wildman–Crippen LogP) is 1.24. The van der Waals surface area contributed by atoms with Gasteiger partial charge in [0.1, 0.15) is 11.9 Å². The van der Waals surface area contributed by atoms with Gasteiger partial charge in [0.2, 0.25) is 5.91 Å². The zero-order valence-electron chi connectivity index (χ0n) is 11.9. The lowest BCUT2D eigenvalue weighted by Gasteiger charge is -2.20. The average Bonchev–Trinajstić information content (AvgIpc) is 3.25. The highest BCUT2D eigenvalue weighted by molar-refractivity contribution is 5.80. The molecule has 0 aliphatic heterocycles. The van der Waals surface area contributed by atoms with Gasteiger partial charge in [-0.05, 0) is 24.8 Å². The lowest BCUT2D eigenvalue weighted by molar-refractivity contribution is -0.140. The minimum atomic E-state index is -0.929. The van der Waals surface area contributed by atoms with Crippen LogP contribution in [0.3, 0.4) is 0 Å². The summed E-state index contributed by atoms with van der Waals surface area (Å²) in [6.45, 7) is 0.104. The Hall–Kier alpha value is -1.95. The summed E-state index contributed by atoms with van der Waals surface area (Å²) < 4.78 is 13.5. The van der Waals surface area contributed by atoms with Crippen molar-refractivity contribution in [1.82, 2.24) is 10.2 Å². The van der Waals surface area contributed by atoms with Gasteiger partial charge in [-0.2, -0.15) is 0 Å². The van der Waals surface area contributed by atoms with Crippen LogP contribution in [0.5, 0.6) is 0 Å². The molecule has 21 heavy (non-hydrogen) atoms. The molecule has 1 unspecified atom stereocenters. The molecule has 114 valence electrons. The first-order valence-corrected chi connectivity index (χ1v) is 6.92. The van der Waals surface area contributed by atoms with Gasteiger partial charge in [0, 0.05) is 19.2 Å². The van der Waals surface area contributed by atoms with Crippen LogP contribution in [0.2, 0.25) is 0 Å². The maximum Gasteiger partial charge on any atom is 0.320 e. The van der Waals surface area contributed by atoms with Crippen LogP contribution in [0.1, 0.15) is 18.4 Å². The first-order valence-electron chi connectivity index (χ1n) is 6.92. The molecule has 1 atom stereocenters. The minimum Gasteiger partial charge on any atom is -0.480 e. The Balaban J connectivity index is 1.85. The number of nitrogens with zero attached hydrogens (tertiary/aromatic N) is 1. The van der Waals surface area contributed by atoms with Crippen LogP contribution in [0.25, 0.3) is 0 Å². The number of carboxylic acid groups (broad SMARTS) is 1. The minimum absolute atomic E-state index is 0.0571. The van der Waals surface area contributed by atoms with Crippen molar-refractivity contribution >= 4 is 11.9 Å². The van der Waals surface area contributed by atoms with Crippen molar-refractivity contribution < 1.29 is 19.1 Å². The van der Waals surface area contributed by atoms with E-state index in [-0.39, 0.29) is 30.7 Å². The third-order valence-corrected chi connectivity index (χ3v) is 3.62. The highest BCUT2D eigenvalue weighted by Gasteiger charge is 2.36. The second-order valence-electron chi connectivity index (χ2n) is 5.38. The fourth-order valence-corrected chi connectivity index (χ4v) is 2.19. The monoisotopic (exact) mass is 294 g/mol. The van der Waals surface area contributed by atoms with E-state index in [4.69, 9.17) is 5.11 Å². The first kappa shape index (κ1) is 15.4. The van der Waals surface area contributed by atoms with Crippen molar-refractivity contribution in [2.45, 2.75) is 25.4 Å². The van der Waals surface area contributed by atoms with Crippen molar-refractivity contribution in [3.63, 3.8) is 0 Å². The van der Waals surface area contributed by atoms with Gasteiger partial charge >= 0.3 is 5.97 Å². The Kier molecular flexibility index (Phi) is 4.90. The van der Waals surface area contributed by atoms with Crippen molar-refractivity contribution in [1.29, 1.82) is 0 Å². The van der Waals surface area contributed by atoms with Crippen LogP contribution in [0.4, 0.5) is 4.39 Å². The van der Waals surface area contributed by atoms with Crippen molar-refractivity contribution in [3.05, 3.63) is 35.6 Å². The van der Waals surface area contributed by atoms with Gasteiger partial charge in [-0.3, -0.25) is 14.9 Å². The Bertz CT molecular complexity index is 531. The quantitative estimate of drug-likeness (QED) is 0.794.